The summed E-state index contributed by atoms with van der Waals surface area (Å²) in [5, 5.41) is 14.3. The van der Waals surface area contributed by atoms with Gasteiger partial charge in [-0.05, 0) is 51.4 Å². The fourth-order valence-electron chi connectivity index (χ4n) is 3.05. The van der Waals surface area contributed by atoms with Gasteiger partial charge in [0.25, 0.3) is 5.69 Å². The quantitative estimate of drug-likeness (QED) is 0.650. The zero-order valence-corrected chi connectivity index (χ0v) is 14.1. The van der Waals surface area contributed by atoms with Gasteiger partial charge in [-0.1, -0.05) is 15.9 Å². The Morgan fingerprint density at radius 1 is 1.33 bits per heavy atom. The van der Waals surface area contributed by atoms with Gasteiger partial charge in [-0.25, -0.2) is 0 Å². The lowest BCUT2D eigenvalue weighted by atomic mass is 9.90. The molecule has 1 aromatic rings. The molecule has 2 rings (SSSR count). The molecule has 0 heterocycles. The SMILES string of the molecule is CNC1CCC(N(C)Cc2cc(Br)cc([N+](=O)[O-])c2)CC1. The van der Waals surface area contributed by atoms with Gasteiger partial charge in [0.15, 0.2) is 0 Å². The van der Waals surface area contributed by atoms with Crippen LogP contribution in [-0.2, 0) is 6.54 Å². The van der Waals surface area contributed by atoms with Crippen LogP contribution in [-0.4, -0.2) is 36.0 Å². The highest BCUT2D eigenvalue weighted by Crippen LogP contribution is 2.26. The predicted octanol–water partition coefficient (Wildman–Crippen LogP) is 3.32. The van der Waals surface area contributed by atoms with Crippen molar-refractivity contribution in [2.45, 2.75) is 44.3 Å². The first kappa shape index (κ1) is 16.4. The molecule has 1 saturated carbocycles. The lowest BCUT2D eigenvalue weighted by Gasteiger charge is -2.34. The summed E-state index contributed by atoms with van der Waals surface area (Å²) in [6, 6.07) is 6.37. The number of benzene rings is 1. The summed E-state index contributed by atoms with van der Waals surface area (Å²) in [4.78, 5) is 12.9. The third-order valence-electron chi connectivity index (χ3n) is 4.31. The average Bonchev–Trinajstić information content (AvgIpc) is 2.46. The highest BCUT2D eigenvalue weighted by molar-refractivity contribution is 9.10. The molecular formula is C15H22BrN3O2. The van der Waals surface area contributed by atoms with E-state index >= 15 is 0 Å². The fourth-order valence-corrected chi connectivity index (χ4v) is 3.58. The summed E-state index contributed by atoms with van der Waals surface area (Å²) < 4.78 is 0.763. The van der Waals surface area contributed by atoms with E-state index in [4.69, 9.17) is 0 Å². The van der Waals surface area contributed by atoms with E-state index in [2.05, 4.69) is 33.2 Å². The van der Waals surface area contributed by atoms with Crippen LogP contribution in [0.25, 0.3) is 0 Å². The van der Waals surface area contributed by atoms with Crippen LogP contribution in [0, 0.1) is 10.1 Å². The number of halogens is 1. The summed E-state index contributed by atoms with van der Waals surface area (Å²) in [5.41, 5.74) is 1.13. The highest BCUT2D eigenvalue weighted by atomic mass is 79.9. The van der Waals surface area contributed by atoms with E-state index in [1.54, 1.807) is 12.1 Å². The van der Waals surface area contributed by atoms with Crippen molar-refractivity contribution in [3.05, 3.63) is 38.3 Å². The largest absolute Gasteiger partial charge is 0.317 e. The normalized spacial score (nSPS) is 22.5. The van der Waals surface area contributed by atoms with E-state index in [-0.39, 0.29) is 10.6 Å². The number of nitro benzene ring substituents is 1. The predicted molar refractivity (Wildman–Crippen MR) is 87.4 cm³/mol. The summed E-state index contributed by atoms with van der Waals surface area (Å²) in [7, 11) is 4.13. The van der Waals surface area contributed by atoms with E-state index in [0.29, 0.717) is 12.1 Å². The number of non-ortho nitro benzene ring substituents is 1. The lowest BCUT2D eigenvalue weighted by molar-refractivity contribution is -0.385. The van der Waals surface area contributed by atoms with Crippen LogP contribution < -0.4 is 5.32 Å². The Kier molecular flexibility index (Phi) is 5.72. The first-order valence-electron chi connectivity index (χ1n) is 7.31. The monoisotopic (exact) mass is 355 g/mol. The zero-order chi connectivity index (χ0) is 15.4. The number of nitrogens with zero attached hydrogens (tertiary/aromatic N) is 2. The second-order valence-corrected chi connectivity index (χ2v) is 6.70. The van der Waals surface area contributed by atoms with Gasteiger partial charge in [-0.2, -0.15) is 0 Å². The van der Waals surface area contributed by atoms with Crippen molar-refractivity contribution in [3.63, 3.8) is 0 Å². The summed E-state index contributed by atoms with van der Waals surface area (Å²) >= 11 is 3.35. The highest BCUT2D eigenvalue weighted by Gasteiger charge is 2.23. The Bertz CT molecular complexity index is 502. The van der Waals surface area contributed by atoms with Gasteiger partial charge in [-0.15, -0.1) is 0 Å². The van der Waals surface area contributed by atoms with Crippen LogP contribution >= 0.6 is 15.9 Å². The Balaban J connectivity index is 1.99. The summed E-state index contributed by atoms with van der Waals surface area (Å²) in [5.74, 6) is 0. The first-order chi connectivity index (χ1) is 9.99. The molecule has 1 aliphatic carbocycles. The molecule has 5 nitrogen and oxygen atoms in total. The number of hydrogen-bond acceptors (Lipinski definition) is 4. The van der Waals surface area contributed by atoms with E-state index in [1.165, 1.54) is 25.7 Å². The molecule has 0 aliphatic heterocycles. The van der Waals surface area contributed by atoms with Crippen molar-refractivity contribution in [3.8, 4) is 0 Å². The Labute approximate surface area is 134 Å². The van der Waals surface area contributed by atoms with E-state index in [9.17, 15) is 10.1 Å². The Hall–Kier alpha value is -0.980. The van der Waals surface area contributed by atoms with Crippen LogP contribution in [0.3, 0.4) is 0 Å². The van der Waals surface area contributed by atoms with Gasteiger partial charge in [0, 0.05) is 35.2 Å². The van der Waals surface area contributed by atoms with Gasteiger partial charge in [-0.3, -0.25) is 15.0 Å². The molecule has 1 fully saturated rings. The average molecular weight is 356 g/mol. The molecular weight excluding hydrogens is 334 g/mol. The van der Waals surface area contributed by atoms with E-state index in [1.807, 2.05) is 13.1 Å². The lowest BCUT2D eigenvalue weighted by Crippen LogP contribution is -2.39. The maximum atomic E-state index is 10.9. The van der Waals surface area contributed by atoms with Crippen molar-refractivity contribution in [1.29, 1.82) is 0 Å². The van der Waals surface area contributed by atoms with Crippen molar-refractivity contribution >= 4 is 21.6 Å². The molecule has 0 saturated heterocycles. The Morgan fingerprint density at radius 2 is 2.00 bits per heavy atom. The van der Waals surface area contributed by atoms with Gasteiger partial charge in [0.1, 0.15) is 0 Å². The number of nitrogens with one attached hydrogen (secondary N) is 1. The molecule has 1 aliphatic rings. The smallest absolute Gasteiger partial charge is 0.270 e. The van der Waals surface area contributed by atoms with Crippen LogP contribution in [0.4, 0.5) is 5.69 Å². The van der Waals surface area contributed by atoms with Crippen molar-refractivity contribution < 1.29 is 4.92 Å². The van der Waals surface area contributed by atoms with Crippen LogP contribution in [0.2, 0.25) is 0 Å². The topological polar surface area (TPSA) is 58.4 Å². The molecule has 0 amide bonds. The van der Waals surface area contributed by atoms with Gasteiger partial charge >= 0.3 is 0 Å². The molecule has 116 valence electrons. The zero-order valence-electron chi connectivity index (χ0n) is 12.5. The van der Waals surface area contributed by atoms with Gasteiger partial charge < -0.3 is 5.32 Å². The minimum absolute atomic E-state index is 0.145. The minimum Gasteiger partial charge on any atom is -0.317 e. The molecule has 0 unspecified atom stereocenters. The molecule has 0 radical (unpaired) electrons. The molecule has 0 atom stereocenters. The van der Waals surface area contributed by atoms with E-state index < -0.39 is 0 Å². The van der Waals surface area contributed by atoms with Crippen molar-refractivity contribution in [1.82, 2.24) is 10.2 Å². The molecule has 1 N–H and O–H groups in total. The van der Waals surface area contributed by atoms with Crippen LogP contribution in [0.15, 0.2) is 22.7 Å². The van der Waals surface area contributed by atoms with Crippen LogP contribution in [0.1, 0.15) is 31.2 Å². The number of hydrogen-bond donors (Lipinski definition) is 1. The molecule has 0 aromatic heterocycles. The first-order valence-corrected chi connectivity index (χ1v) is 8.10. The molecule has 21 heavy (non-hydrogen) atoms. The second-order valence-electron chi connectivity index (χ2n) is 5.78. The molecule has 0 spiro atoms. The minimum atomic E-state index is -0.341. The number of rotatable bonds is 5. The standard InChI is InChI=1S/C15H22BrN3O2/c1-17-13-3-5-14(6-4-13)18(2)10-11-7-12(16)9-15(8-11)19(20)21/h7-9,13-14,17H,3-6,10H2,1-2H3. The summed E-state index contributed by atoms with van der Waals surface area (Å²) in [6.07, 6.45) is 4.75. The van der Waals surface area contributed by atoms with Crippen molar-refractivity contribution in [2.24, 2.45) is 0 Å². The van der Waals surface area contributed by atoms with E-state index in [0.717, 1.165) is 16.6 Å². The van der Waals surface area contributed by atoms with Gasteiger partial charge in [0.05, 0.1) is 4.92 Å². The maximum Gasteiger partial charge on any atom is 0.270 e. The summed E-state index contributed by atoms with van der Waals surface area (Å²) in [6.45, 7) is 0.745. The molecule has 6 heteroatoms. The fraction of sp³-hybridized carbons (Fsp3) is 0.600. The van der Waals surface area contributed by atoms with Gasteiger partial charge in [0.2, 0.25) is 0 Å². The van der Waals surface area contributed by atoms with Crippen molar-refractivity contribution in [2.75, 3.05) is 14.1 Å². The third kappa shape index (κ3) is 4.49. The second kappa shape index (κ2) is 7.33. The van der Waals surface area contributed by atoms with Crippen LogP contribution in [0.5, 0.6) is 0 Å². The third-order valence-corrected chi connectivity index (χ3v) is 4.77. The number of nitro groups is 1. The maximum absolute atomic E-state index is 10.9. The Morgan fingerprint density at radius 3 is 2.57 bits per heavy atom. The molecule has 1 aromatic carbocycles. The molecule has 0 bridgehead atoms.